The van der Waals surface area contributed by atoms with E-state index in [2.05, 4.69) is 25.8 Å². The Morgan fingerprint density at radius 2 is 2.00 bits per heavy atom. The van der Waals surface area contributed by atoms with E-state index in [1.54, 1.807) is 7.11 Å². The van der Waals surface area contributed by atoms with Crippen LogP contribution >= 0.6 is 0 Å². The summed E-state index contributed by atoms with van der Waals surface area (Å²) in [6.45, 7) is 7.96. The van der Waals surface area contributed by atoms with Crippen molar-refractivity contribution in [1.29, 1.82) is 0 Å². The Morgan fingerprint density at radius 1 is 1.40 bits per heavy atom. The van der Waals surface area contributed by atoms with Crippen molar-refractivity contribution in [2.75, 3.05) is 20.3 Å². The van der Waals surface area contributed by atoms with Gasteiger partial charge >= 0.3 is 6.03 Å². The standard InChI is InChI=1S/C15H27N3O2/c1-14(2,3)11-5-7-15(8-6-11)12(16)17-13(19)18(15)9-10-20-4/h11H,5-10H2,1-4H3,(H2,16,17,19). The first-order valence-electron chi connectivity index (χ1n) is 7.46. The normalized spacial score (nSPS) is 31.0. The van der Waals surface area contributed by atoms with Crippen molar-refractivity contribution in [1.82, 2.24) is 4.90 Å². The van der Waals surface area contributed by atoms with E-state index in [0.29, 0.717) is 30.3 Å². The summed E-state index contributed by atoms with van der Waals surface area (Å²) in [5, 5.41) is 0. The maximum atomic E-state index is 12.0. The molecule has 1 aliphatic heterocycles. The lowest BCUT2D eigenvalue weighted by Gasteiger charge is -2.46. The summed E-state index contributed by atoms with van der Waals surface area (Å²) in [5.41, 5.74) is 6.06. The quantitative estimate of drug-likeness (QED) is 0.863. The zero-order valence-electron chi connectivity index (χ0n) is 13.1. The van der Waals surface area contributed by atoms with Gasteiger partial charge in [-0.3, -0.25) is 0 Å². The van der Waals surface area contributed by atoms with Gasteiger partial charge in [0.15, 0.2) is 0 Å². The van der Waals surface area contributed by atoms with Crippen molar-refractivity contribution in [2.45, 2.75) is 52.0 Å². The van der Waals surface area contributed by atoms with E-state index >= 15 is 0 Å². The maximum Gasteiger partial charge on any atom is 0.346 e. The number of aliphatic imine (C=N–C) groups is 1. The van der Waals surface area contributed by atoms with E-state index in [4.69, 9.17) is 10.5 Å². The molecule has 1 fully saturated rings. The summed E-state index contributed by atoms with van der Waals surface area (Å²) >= 11 is 0. The summed E-state index contributed by atoms with van der Waals surface area (Å²) in [4.78, 5) is 17.9. The minimum Gasteiger partial charge on any atom is -0.385 e. The van der Waals surface area contributed by atoms with Gasteiger partial charge in [-0.1, -0.05) is 20.8 Å². The molecule has 1 spiro atoms. The molecule has 20 heavy (non-hydrogen) atoms. The zero-order valence-corrected chi connectivity index (χ0v) is 13.1. The number of urea groups is 1. The van der Waals surface area contributed by atoms with Crippen LogP contribution in [0.1, 0.15) is 46.5 Å². The average Bonchev–Trinajstić information content (AvgIpc) is 2.59. The molecule has 5 nitrogen and oxygen atoms in total. The SMILES string of the molecule is COCCN1C(=O)N=C(N)C12CCC(C(C)(C)C)CC2. The first-order chi connectivity index (χ1) is 9.31. The van der Waals surface area contributed by atoms with Gasteiger partial charge in [-0.15, -0.1) is 0 Å². The van der Waals surface area contributed by atoms with Crippen molar-refractivity contribution >= 4 is 11.9 Å². The van der Waals surface area contributed by atoms with Gasteiger partial charge in [0.2, 0.25) is 0 Å². The fourth-order valence-corrected chi connectivity index (χ4v) is 3.57. The largest absolute Gasteiger partial charge is 0.385 e. The number of methoxy groups -OCH3 is 1. The first kappa shape index (κ1) is 15.3. The maximum absolute atomic E-state index is 12.0. The predicted octanol–water partition coefficient (Wildman–Crippen LogP) is 2.40. The van der Waals surface area contributed by atoms with E-state index in [0.717, 1.165) is 25.7 Å². The van der Waals surface area contributed by atoms with Gasteiger partial charge < -0.3 is 15.4 Å². The number of hydrogen-bond donors (Lipinski definition) is 1. The van der Waals surface area contributed by atoms with Crippen LogP contribution in [0, 0.1) is 11.3 Å². The van der Waals surface area contributed by atoms with Crippen LogP contribution in [0.15, 0.2) is 4.99 Å². The third kappa shape index (κ3) is 2.55. The van der Waals surface area contributed by atoms with E-state index in [9.17, 15) is 4.79 Å². The monoisotopic (exact) mass is 281 g/mol. The van der Waals surface area contributed by atoms with E-state index in [1.165, 1.54) is 0 Å². The summed E-state index contributed by atoms with van der Waals surface area (Å²) < 4.78 is 5.11. The molecule has 2 rings (SSSR count). The Hall–Kier alpha value is -1.10. The van der Waals surface area contributed by atoms with Crippen LogP contribution in [0.2, 0.25) is 0 Å². The number of ether oxygens (including phenoxy) is 1. The van der Waals surface area contributed by atoms with Crippen LogP contribution in [0.5, 0.6) is 0 Å². The van der Waals surface area contributed by atoms with Crippen molar-refractivity contribution in [2.24, 2.45) is 22.1 Å². The molecule has 0 aromatic carbocycles. The highest BCUT2D eigenvalue weighted by Gasteiger charge is 2.50. The minimum absolute atomic E-state index is 0.200. The zero-order chi connectivity index (χ0) is 15.0. The average molecular weight is 281 g/mol. The number of carbonyl (C=O) groups is 1. The molecule has 0 aromatic heterocycles. The molecule has 2 N–H and O–H groups in total. The van der Waals surface area contributed by atoms with Gasteiger partial charge in [0.05, 0.1) is 6.61 Å². The number of amides is 2. The van der Waals surface area contributed by atoms with Crippen LogP contribution < -0.4 is 5.73 Å². The first-order valence-corrected chi connectivity index (χ1v) is 7.46. The molecular weight excluding hydrogens is 254 g/mol. The lowest BCUT2D eigenvalue weighted by Crippen LogP contribution is -2.57. The van der Waals surface area contributed by atoms with Gasteiger partial charge in [-0.2, -0.15) is 4.99 Å². The highest BCUT2D eigenvalue weighted by molar-refractivity contribution is 6.05. The molecule has 0 radical (unpaired) electrons. The van der Waals surface area contributed by atoms with Gasteiger partial charge in [-0.05, 0) is 37.0 Å². The second-order valence-electron chi connectivity index (χ2n) is 7.10. The third-order valence-corrected chi connectivity index (χ3v) is 5.00. The lowest BCUT2D eigenvalue weighted by atomic mass is 9.66. The topological polar surface area (TPSA) is 67.9 Å². The van der Waals surface area contributed by atoms with Crippen molar-refractivity contribution < 1.29 is 9.53 Å². The van der Waals surface area contributed by atoms with E-state index in [1.807, 2.05) is 4.90 Å². The third-order valence-electron chi connectivity index (χ3n) is 5.00. The Kier molecular flexibility index (Phi) is 4.09. The highest BCUT2D eigenvalue weighted by atomic mass is 16.5. The Bertz CT molecular complexity index is 404. The molecular formula is C15H27N3O2. The van der Waals surface area contributed by atoms with Crippen LogP contribution in [0.4, 0.5) is 4.79 Å². The molecule has 114 valence electrons. The second kappa shape index (κ2) is 5.35. The van der Waals surface area contributed by atoms with Gasteiger partial charge in [0.1, 0.15) is 11.4 Å². The highest BCUT2D eigenvalue weighted by Crippen LogP contribution is 2.45. The molecule has 5 heteroatoms. The van der Waals surface area contributed by atoms with E-state index in [-0.39, 0.29) is 11.6 Å². The lowest BCUT2D eigenvalue weighted by molar-refractivity contribution is 0.0717. The number of hydrogen-bond acceptors (Lipinski definition) is 3. The van der Waals surface area contributed by atoms with Crippen molar-refractivity contribution in [3.05, 3.63) is 0 Å². The molecule has 1 saturated carbocycles. The fourth-order valence-electron chi connectivity index (χ4n) is 3.57. The number of rotatable bonds is 3. The molecule has 0 aromatic rings. The van der Waals surface area contributed by atoms with Crippen LogP contribution in [0.25, 0.3) is 0 Å². The molecule has 2 aliphatic rings. The Labute approximate surface area is 121 Å². The Balaban J connectivity index is 2.13. The van der Waals surface area contributed by atoms with Gasteiger partial charge in [-0.25, -0.2) is 4.79 Å². The molecule has 0 bridgehead atoms. The smallest absolute Gasteiger partial charge is 0.346 e. The number of nitrogens with two attached hydrogens (primary N) is 1. The number of carbonyl (C=O) groups excluding carboxylic acids is 1. The summed E-state index contributed by atoms with van der Waals surface area (Å²) in [6.07, 6.45) is 4.02. The number of nitrogens with zero attached hydrogens (tertiary/aromatic N) is 2. The van der Waals surface area contributed by atoms with Crippen molar-refractivity contribution in [3.8, 4) is 0 Å². The summed E-state index contributed by atoms with van der Waals surface area (Å²) in [5.74, 6) is 1.19. The fraction of sp³-hybridized carbons (Fsp3) is 0.867. The Morgan fingerprint density at radius 3 is 2.50 bits per heavy atom. The number of amidine groups is 1. The molecule has 0 saturated heterocycles. The van der Waals surface area contributed by atoms with Crippen molar-refractivity contribution in [3.63, 3.8) is 0 Å². The van der Waals surface area contributed by atoms with Gasteiger partial charge in [0, 0.05) is 13.7 Å². The second-order valence-corrected chi connectivity index (χ2v) is 7.10. The van der Waals surface area contributed by atoms with Crippen LogP contribution in [0.3, 0.4) is 0 Å². The molecule has 2 amide bonds. The molecule has 0 unspecified atom stereocenters. The minimum atomic E-state index is -0.350. The molecule has 0 atom stereocenters. The summed E-state index contributed by atoms with van der Waals surface area (Å²) in [7, 11) is 1.65. The molecule has 1 heterocycles. The van der Waals surface area contributed by atoms with Gasteiger partial charge in [0.25, 0.3) is 0 Å². The summed E-state index contributed by atoms with van der Waals surface area (Å²) in [6, 6.07) is -0.200. The van der Waals surface area contributed by atoms with Crippen LogP contribution in [-0.4, -0.2) is 42.6 Å². The van der Waals surface area contributed by atoms with E-state index < -0.39 is 0 Å². The molecule has 1 aliphatic carbocycles. The van der Waals surface area contributed by atoms with Crippen LogP contribution in [-0.2, 0) is 4.74 Å². The predicted molar refractivity (Wildman–Crippen MR) is 79.7 cm³/mol.